The number of ether oxygens (including phenoxy) is 1. The summed E-state index contributed by atoms with van der Waals surface area (Å²) in [6.45, 7) is 2.03. The highest BCUT2D eigenvalue weighted by atomic mass is 16.6. The minimum atomic E-state index is 0.0902. The molecule has 0 saturated carbocycles. The van der Waals surface area contributed by atoms with E-state index in [9.17, 15) is 0 Å². The molecule has 2 unspecified atom stereocenters. The normalized spacial score (nSPS) is 26.5. The molecule has 2 atom stereocenters. The lowest BCUT2D eigenvalue weighted by molar-refractivity contribution is 0.324. The molecule has 1 saturated heterocycles. The van der Waals surface area contributed by atoms with Gasteiger partial charge in [0.05, 0.1) is 5.52 Å². The fraction of sp³-hybridized carbons (Fsp3) is 0.333. The number of benzene rings is 1. The zero-order valence-corrected chi connectivity index (χ0v) is 7.21. The molecular formula is C9H9N3O. The summed E-state index contributed by atoms with van der Waals surface area (Å²) in [5.41, 5.74) is 1.96. The predicted octanol–water partition coefficient (Wildman–Crippen LogP) is 1.35. The van der Waals surface area contributed by atoms with Crippen LogP contribution >= 0.6 is 0 Å². The first-order chi connectivity index (χ1) is 6.36. The van der Waals surface area contributed by atoms with Gasteiger partial charge < -0.3 is 4.74 Å². The molecule has 2 heterocycles. The molecule has 13 heavy (non-hydrogen) atoms. The van der Waals surface area contributed by atoms with Crippen LogP contribution in [0.2, 0.25) is 0 Å². The fourth-order valence-corrected chi connectivity index (χ4v) is 1.51. The lowest BCUT2D eigenvalue weighted by Gasteiger charge is -1.94. The van der Waals surface area contributed by atoms with E-state index >= 15 is 0 Å². The Labute approximate surface area is 75.1 Å². The smallest absolute Gasteiger partial charge is 0.178 e. The molecule has 0 spiro atoms. The van der Waals surface area contributed by atoms with E-state index in [1.54, 1.807) is 0 Å². The number of para-hydroxylation sites is 1. The molecule has 0 radical (unpaired) electrons. The summed E-state index contributed by atoms with van der Waals surface area (Å²) in [5, 5.41) is 8.10. The number of fused-ring (bicyclic) bond motifs is 1. The summed E-state index contributed by atoms with van der Waals surface area (Å²) in [6.07, 6.45) is 0.359. The summed E-state index contributed by atoms with van der Waals surface area (Å²) in [4.78, 5) is 0. The fourth-order valence-electron chi connectivity index (χ4n) is 1.51. The van der Waals surface area contributed by atoms with Crippen molar-refractivity contribution < 1.29 is 4.74 Å². The molecule has 0 aliphatic carbocycles. The molecule has 1 aromatic carbocycles. The molecule has 1 fully saturated rings. The largest absolute Gasteiger partial charge is 0.346 e. The van der Waals surface area contributed by atoms with E-state index in [2.05, 4.69) is 10.3 Å². The predicted molar refractivity (Wildman–Crippen MR) is 47.1 cm³/mol. The van der Waals surface area contributed by atoms with Crippen molar-refractivity contribution in [2.45, 2.75) is 19.3 Å². The minimum absolute atomic E-state index is 0.0902. The topological polar surface area (TPSA) is 43.2 Å². The van der Waals surface area contributed by atoms with Gasteiger partial charge in [-0.2, -0.15) is 0 Å². The van der Waals surface area contributed by atoms with Gasteiger partial charge in [0.15, 0.2) is 6.23 Å². The zero-order valence-electron chi connectivity index (χ0n) is 7.21. The summed E-state index contributed by atoms with van der Waals surface area (Å²) in [5.74, 6) is 0. The first-order valence-corrected chi connectivity index (χ1v) is 4.31. The van der Waals surface area contributed by atoms with Gasteiger partial charge in [0.1, 0.15) is 11.6 Å². The van der Waals surface area contributed by atoms with Crippen LogP contribution in [0.15, 0.2) is 24.3 Å². The number of aromatic nitrogens is 3. The molecule has 1 aliphatic heterocycles. The average molecular weight is 175 g/mol. The molecule has 3 rings (SSSR count). The van der Waals surface area contributed by atoms with Crippen LogP contribution in [0.4, 0.5) is 0 Å². The Morgan fingerprint density at radius 3 is 2.92 bits per heavy atom. The molecule has 66 valence electrons. The lowest BCUT2D eigenvalue weighted by atomic mass is 10.3. The number of hydrogen-bond donors (Lipinski definition) is 0. The third kappa shape index (κ3) is 0.954. The van der Waals surface area contributed by atoms with E-state index in [-0.39, 0.29) is 12.3 Å². The zero-order chi connectivity index (χ0) is 8.84. The number of epoxide rings is 1. The van der Waals surface area contributed by atoms with Crippen LogP contribution in [-0.2, 0) is 4.74 Å². The summed E-state index contributed by atoms with van der Waals surface area (Å²) in [6, 6.07) is 7.89. The average Bonchev–Trinajstić information content (AvgIpc) is 2.74. The van der Waals surface area contributed by atoms with E-state index in [1.165, 1.54) is 0 Å². The summed E-state index contributed by atoms with van der Waals surface area (Å²) >= 11 is 0. The standard InChI is InChI=1S/C9H9N3O/c1-6-9(13-6)12-8-5-3-2-4-7(8)10-11-12/h2-6,9H,1H3. The monoisotopic (exact) mass is 175 g/mol. The molecule has 2 aromatic rings. The van der Waals surface area contributed by atoms with Crippen LogP contribution in [0.1, 0.15) is 13.2 Å². The maximum atomic E-state index is 5.33. The van der Waals surface area contributed by atoms with Gasteiger partial charge in [-0.3, -0.25) is 0 Å². The van der Waals surface area contributed by atoms with E-state index < -0.39 is 0 Å². The molecule has 1 aromatic heterocycles. The van der Waals surface area contributed by atoms with Crippen molar-refractivity contribution in [2.24, 2.45) is 0 Å². The second-order valence-corrected chi connectivity index (χ2v) is 3.25. The molecular weight excluding hydrogens is 166 g/mol. The maximum Gasteiger partial charge on any atom is 0.178 e. The third-order valence-corrected chi connectivity index (χ3v) is 2.30. The van der Waals surface area contributed by atoms with Gasteiger partial charge in [0, 0.05) is 0 Å². The molecule has 4 nitrogen and oxygen atoms in total. The molecule has 0 amide bonds. The van der Waals surface area contributed by atoms with Gasteiger partial charge in [-0.1, -0.05) is 17.3 Å². The van der Waals surface area contributed by atoms with E-state index in [0.29, 0.717) is 0 Å². The summed E-state index contributed by atoms with van der Waals surface area (Å²) in [7, 11) is 0. The van der Waals surface area contributed by atoms with Crippen molar-refractivity contribution in [1.82, 2.24) is 15.0 Å². The van der Waals surface area contributed by atoms with Gasteiger partial charge in [0.2, 0.25) is 0 Å². The number of rotatable bonds is 1. The Morgan fingerprint density at radius 1 is 1.38 bits per heavy atom. The Hall–Kier alpha value is -1.42. The molecule has 0 N–H and O–H groups in total. The van der Waals surface area contributed by atoms with Crippen LogP contribution < -0.4 is 0 Å². The Bertz CT molecular complexity index is 451. The van der Waals surface area contributed by atoms with E-state index in [0.717, 1.165) is 11.0 Å². The number of hydrogen-bond acceptors (Lipinski definition) is 3. The quantitative estimate of drug-likeness (QED) is 0.614. The van der Waals surface area contributed by atoms with Crippen LogP contribution in [0.25, 0.3) is 11.0 Å². The van der Waals surface area contributed by atoms with Crippen molar-refractivity contribution in [1.29, 1.82) is 0 Å². The van der Waals surface area contributed by atoms with E-state index in [4.69, 9.17) is 4.74 Å². The van der Waals surface area contributed by atoms with Crippen molar-refractivity contribution in [2.75, 3.05) is 0 Å². The molecule has 0 bridgehead atoms. The van der Waals surface area contributed by atoms with Crippen LogP contribution in [0, 0.1) is 0 Å². The highest BCUT2D eigenvalue weighted by Crippen LogP contribution is 2.33. The Kier molecular flexibility index (Phi) is 1.24. The van der Waals surface area contributed by atoms with Gasteiger partial charge in [-0.05, 0) is 19.1 Å². The van der Waals surface area contributed by atoms with Crippen LogP contribution in [-0.4, -0.2) is 21.1 Å². The lowest BCUT2D eigenvalue weighted by Crippen LogP contribution is -1.98. The highest BCUT2D eigenvalue weighted by molar-refractivity contribution is 5.74. The maximum absolute atomic E-state index is 5.33. The van der Waals surface area contributed by atoms with Crippen LogP contribution in [0.3, 0.4) is 0 Å². The van der Waals surface area contributed by atoms with Crippen molar-refractivity contribution in [3.8, 4) is 0 Å². The van der Waals surface area contributed by atoms with Gasteiger partial charge >= 0.3 is 0 Å². The Morgan fingerprint density at radius 2 is 2.15 bits per heavy atom. The van der Waals surface area contributed by atoms with Crippen molar-refractivity contribution in [3.05, 3.63) is 24.3 Å². The van der Waals surface area contributed by atoms with Crippen molar-refractivity contribution in [3.63, 3.8) is 0 Å². The first-order valence-electron chi connectivity index (χ1n) is 4.31. The second-order valence-electron chi connectivity index (χ2n) is 3.25. The van der Waals surface area contributed by atoms with Gasteiger partial charge in [-0.25, -0.2) is 4.68 Å². The van der Waals surface area contributed by atoms with Gasteiger partial charge in [0.25, 0.3) is 0 Å². The highest BCUT2D eigenvalue weighted by Gasteiger charge is 2.37. The van der Waals surface area contributed by atoms with Crippen molar-refractivity contribution >= 4 is 11.0 Å². The summed E-state index contributed by atoms with van der Waals surface area (Å²) < 4.78 is 7.16. The SMILES string of the molecule is CC1OC1n1nnc2ccccc21. The molecule has 4 heteroatoms. The first kappa shape index (κ1) is 7.03. The third-order valence-electron chi connectivity index (χ3n) is 2.30. The molecule has 1 aliphatic rings. The number of nitrogens with zero attached hydrogens (tertiary/aromatic N) is 3. The van der Waals surface area contributed by atoms with Crippen LogP contribution in [0.5, 0.6) is 0 Å². The second kappa shape index (κ2) is 2.29. The van der Waals surface area contributed by atoms with E-state index in [1.807, 2.05) is 35.9 Å². The van der Waals surface area contributed by atoms with Gasteiger partial charge in [-0.15, -0.1) is 5.10 Å². The minimum Gasteiger partial charge on any atom is -0.346 e. The Balaban J connectivity index is 2.19.